The van der Waals surface area contributed by atoms with Crippen molar-refractivity contribution in [2.24, 2.45) is 5.41 Å². The van der Waals surface area contributed by atoms with Crippen molar-refractivity contribution < 1.29 is 18.7 Å². The third kappa shape index (κ3) is 4.32. The van der Waals surface area contributed by atoms with Crippen molar-refractivity contribution in [1.29, 1.82) is 0 Å². The van der Waals surface area contributed by atoms with E-state index in [0.29, 0.717) is 33.6 Å². The Morgan fingerprint density at radius 3 is 2.58 bits per heavy atom. The van der Waals surface area contributed by atoms with Gasteiger partial charge in [-0.2, -0.15) is 0 Å². The molecule has 0 bridgehead atoms. The smallest absolute Gasteiger partial charge is 0.230 e. The lowest BCUT2D eigenvalue weighted by atomic mass is 9.91. The summed E-state index contributed by atoms with van der Waals surface area (Å²) in [7, 11) is 1.58. The van der Waals surface area contributed by atoms with Crippen LogP contribution in [-0.2, 0) is 14.3 Å². The first-order valence-electron chi connectivity index (χ1n) is 9.62. The Morgan fingerprint density at radius 1 is 1.23 bits per heavy atom. The summed E-state index contributed by atoms with van der Waals surface area (Å²) in [6.07, 6.45) is 2.80. The third-order valence-corrected chi connectivity index (χ3v) is 5.58. The van der Waals surface area contributed by atoms with E-state index in [2.05, 4.69) is 25.3 Å². The van der Waals surface area contributed by atoms with E-state index in [0.717, 1.165) is 0 Å². The highest BCUT2D eigenvalue weighted by atomic mass is 32.2. The number of carbonyl (C=O) groups excluding carboxylic acids is 1. The maximum absolute atomic E-state index is 13.5. The van der Waals surface area contributed by atoms with Gasteiger partial charge in [-0.05, 0) is 43.5 Å². The lowest BCUT2D eigenvalue weighted by Gasteiger charge is -2.34. The molecule has 0 unspecified atom stereocenters. The molecule has 1 fully saturated rings. The Morgan fingerprint density at radius 2 is 1.94 bits per heavy atom. The minimum absolute atomic E-state index is 0.149. The minimum atomic E-state index is -0.777. The van der Waals surface area contributed by atoms with Crippen LogP contribution in [0.15, 0.2) is 41.7 Å². The molecule has 1 aliphatic heterocycles. The van der Waals surface area contributed by atoms with Crippen LogP contribution >= 0.6 is 11.8 Å². The molecule has 0 saturated carbocycles. The maximum Gasteiger partial charge on any atom is 0.230 e. The molecule has 1 saturated heterocycles. The number of hydrogen-bond acceptors (Lipinski definition) is 7. The van der Waals surface area contributed by atoms with Crippen LogP contribution in [0.4, 0.5) is 4.39 Å². The molecule has 3 heterocycles. The molecule has 1 aliphatic rings. The number of benzene rings is 1. The van der Waals surface area contributed by atoms with Gasteiger partial charge in [-0.25, -0.2) is 19.3 Å². The SMILES string of the molecule is CNC(=O)C1(C)COC(c2nc(-c3ccc(F)cc3)c(-c3ccnc(SC)n3)[nH]2)OC1. The highest BCUT2D eigenvalue weighted by Gasteiger charge is 2.40. The number of ether oxygens (including phenoxy) is 2. The number of aromatic amines is 1. The number of halogens is 1. The van der Waals surface area contributed by atoms with E-state index in [-0.39, 0.29) is 24.9 Å². The molecule has 0 atom stereocenters. The van der Waals surface area contributed by atoms with Crippen LogP contribution in [0.3, 0.4) is 0 Å². The zero-order valence-corrected chi connectivity index (χ0v) is 18.1. The number of thioether (sulfide) groups is 1. The monoisotopic (exact) mass is 443 g/mol. The van der Waals surface area contributed by atoms with Crippen LogP contribution < -0.4 is 5.32 Å². The molecule has 1 amide bonds. The predicted octanol–water partition coefficient (Wildman–Crippen LogP) is 3.19. The number of aromatic nitrogens is 4. The lowest BCUT2D eigenvalue weighted by Crippen LogP contribution is -2.47. The molecule has 162 valence electrons. The number of H-pyrrole nitrogens is 1. The van der Waals surface area contributed by atoms with Crippen LogP contribution in [0.25, 0.3) is 22.6 Å². The second kappa shape index (κ2) is 8.74. The number of imidazole rings is 1. The zero-order chi connectivity index (χ0) is 22.0. The van der Waals surface area contributed by atoms with Crippen molar-refractivity contribution in [3.8, 4) is 22.6 Å². The first-order chi connectivity index (χ1) is 14.9. The first-order valence-corrected chi connectivity index (χ1v) is 10.8. The molecule has 4 rings (SSSR count). The first kappa shape index (κ1) is 21.4. The Labute approximate surface area is 183 Å². The average molecular weight is 444 g/mol. The molecule has 31 heavy (non-hydrogen) atoms. The van der Waals surface area contributed by atoms with Gasteiger partial charge in [0.1, 0.15) is 5.82 Å². The fourth-order valence-corrected chi connectivity index (χ4v) is 3.64. The van der Waals surface area contributed by atoms with Gasteiger partial charge in [-0.15, -0.1) is 0 Å². The summed E-state index contributed by atoms with van der Waals surface area (Å²) in [6, 6.07) is 7.84. The molecule has 10 heteroatoms. The van der Waals surface area contributed by atoms with Crippen molar-refractivity contribution in [2.45, 2.75) is 18.4 Å². The highest BCUT2D eigenvalue weighted by Crippen LogP contribution is 2.35. The van der Waals surface area contributed by atoms with Crippen molar-refractivity contribution in [3.63, 3.8) is 0 Å². The standard InChI is InChI=1S/C21H22FN5O3S/c1-21(19(28)23-2)10-29-18(30-11-21)17-26-15(12-4-6-13(22)7-5-12)16(27-17)14-8-9-24-20(25-14)31-3/h4-9,18H,10-11H2,1-3H3,(H,23,28)(H,26,27). The van der Waals surface area contributed by atoms with Crippen LogP contribution in [0.2, 0.25) is 0 Å². The average Bonchev–Trinajstić information content (AvgIpc) is 3.25. The van der Waals surface area contributed by atoms with Gasteiger partial charge in [-0.3, -0.25) is 4.79 Å². The summed E-state index contributed by atoms with van der Waals surface area (Å²) in [5, 5.41) is 3.25. The molecule has 0 aliphatic carbocycles. The van der Waals surface area contributed by atoms with Crippen LogP contribution in [0.5, 0.6) is 0 Å². The topological polar surface area (TPSA) is 102 Å². The Hall–Kier alpha value is -2.82. The second-order valence-corrected chi connectivity index (χ2v) is 8.15. The van der Waals surface area contributed by atoms with E-state index in [4.69, 9.17) is 9.47 Å². The van der Waals surface area contributed by atoms with E-state index in [1.165, 1.54) is 23.9 Å². The minimum Gasteiger partial charge on any atom is -0.359 e. The van der Waals surface area contributed by atoms with Gasteiger partial charge < -0.3 is 19.8 Å². The van der Waals surface area contributed by atoms with E-state index in [1.807, 2.05) is 6.26 Å². The van der Waals surface area contributed by atoms with Gasteiger partial charge in [0.2, 0.25) is 12.2 Å². The molecule has 3 aromatic rings. The predicted molar refractivity (Wildman–Crippen MR) is 114 cm³/mol. The molecule has 8 nitrogen and oxygen atoms in total. The van der Waals surface area contributed by atoms with Crippen molar-refractivity contribution >= 4 is 17.7 Å². The Kier molecular flexibility index (Phi) is 6.03. The molecule has 2 N–H and O–H groups in total. The molecule has 1 aromatic carbocycles. The van der Waals surface area contributed by atoms with E-state index in [9.17, 15) is 9.18 Å². The molecule has 0 spiro atoms. The third-order valence-electron chi connectivity index (χ3n) is 5.02. The normalized spacial score (nSPS) is 21.1. The Balaban J connectivity index is 1.70. The number of carbonyl (C=O) groups is 1. The number of nitrogens with zero attached hydrogens (tertiary/aromatic N) is 3. The molecule has 0 radical (unpaired) electrons. The van der Waals surface area contributed by atoms with Gasteiger partial charge in [-0.1, -0.05) is 11.8 Å². The molecular weight excluding hydrogens is 421 g/mol. The summed E-state index contributed by atoms with van der Waals surface area (Å²) >= 11 is 1.43. The van der Waals surface area contributed by atoms with Crippen molar-refractivity contribution in [2.75, 3.05) is 26.5 Å². The fourth-order valence-electron chi connectivity index (χ4n) is 3.28. The van der Waals surface area contributed by atoms with Crippen LogP contribution in [0, 0.1) is 11.2 Å². The number of amides is 1. The van der Waals surface area contributed by atoms with E-state index < -0.39 is 11.7 Å². The van der Waals surface area contributed by atoms with Gasteiger partial charge >= 0.3 is 0 Å². The summed E-state index contributed by atoms with van der Waals surface area (Å²) < 4.78 is 25.1. The molecular formula is C21H22FN5O3S. The summed E-state index contributed by atoms with van der Waals surface area (Å²) in [5.41, 5.74) is 1.82. The van der Waals surface area contributed by atoms with Gasteiger partial charge in [0, 0.05) is 18.8 Å². The van der Waals surface area contributed by atoms with Crippen LogP contribution in [0.1, 0.15) is 19.0 Å². The van der Waals surface area contributed by atoms with Gasteiger partial charge in [0.15, 0.2) is 11.0 Å². The number of nitrogens with one attached hydrogen (secondary N) is 2. The van der Waals surface area contributed by atoms with E-state index in [1.54, 1.807) is 38.4 Å². The Bertz CT molecular complexity index is 1080. The van der Waals surface area contributed by atoms with Gasteiger partial charge in [0.05, 0.1) is 35.7 Å². The fraction of sp³-hybridized carbons (Fsp3) is 0.333. The largest absolute Gasteiger partial charge is 0.359 e. The lowest BCUT2D eigenvalue weighted by molar-refractivity contribution is -0.230. The maximum atomic E-state index is 13.5. The molecule has 2 aromatic heterocycles. The summed E-state index contributed by atoms with van der Waals surface area (Å²) in [6.45, 7) is 2.15. The number of hydrogen-bond donors (Lipinski definition) is 2. The quantitative estimate of drug-likeness (QED) is 0.461. The zero-order valence-electron chi connectivity index (χ0n) is 17.3. The highest BCUT2D eigenvalue weighted by molar-refractivity contribution is 7.98. The van der Waals surface area contributed by atoms with Gasteiger partial charge in [0.25, 0.3) is 0 Å². The van der Waals surface area contributed by atoms with Crippen molar-refractivity contribution in [1.82, 2.24) is 25.3 Å². The van der Waals surface area contributed by atoms with Crippen LogP contribution in [-0.4, -0.2) is 52.4 Å². The van der Waals surface area contributed by atoms with E-state index >= 15 is 0 Å². The summed E-state index contributed by atoms with van der Waals surface area (Å²) in [4.78, 5) is 28.8. The summed E-state index contributed by atoms with van der Waals surface area (Å²) in [5.74, 6) is -0.0403. The second-order valence-electron chi connectivity index (χ2n) is 7.37. The number of rotatable bonds is 5. The van der Waals surface area contributed by atoms with Crippen molar-refractivity contribution in [3.05, 3.63) is 48.2 Å².